The number of rotatable bonds is 1. The highest BCUT2D eigenvalue weighted by molar-refractivity contribution is 6.21. The van der Waals surface area contributed by atoms with E-state index in [1.54, 1.807) is 24.3 Å². The van der Waals surface area contributed by atoms with Gasteiger partial charge < -0.3 is 5.73 Å². The van der Waals surface area contributed by atoms with Crippen LogP contribution in [0.3, 0.4) is 0 Å². The lowest BCUT2D eigenvalue weighted by atomic mass is 10.2. The summed E-state index contributed by atoms with van der Waals surface area (Å²) in [4.78, 5) is 23.9. The van der Waals surface area contributed by atoms with E-state index in [0.717, 1.165) is 4.90 Å². The smallest absolute Gasteiger partial charge is 0.234 e. The Morgan fingerprint density at radius 3 is 2.21 bits per heavy atom. The second-order valence-corrected chi connectivity index (χ2v) is 3.18. The van der Waals surface area contributed by atoms with Crippen molar-refractivity contribution in [2.75, 3.05) is 10.6 Å². The molecule has 0 saturated carbocycles. The number of hydrogen-bond donors (Lipinski definition) is 1. The number of amides is 2. The summed E-state index contributed by atoms with van der Waals surface area (Å²) in [7, 11) is 0. The monoisotopic (exact) mass is 190 g/mol. The maximum Gasteiger partial charge on any atom is 0.234 e. The van der Waals surface area contributed by atoms with Crippen molar-refractivity contribution in [3.05, 3.63) is 24.3 Å². The van der Waals surface area contributed by atoms with E-state index in [2.05, 4.69) is 0 Å². The molecule has 1 fully saturated rings. The van der Waals surface area contributed by atoms with Crippen LogP contribution < -0.4 is 10.6 Å². The van der Waals surface area contributed by atoms with Gasteiger partial charge in [0.15, 0.2) is 0 Å². The third-order valence-corrected chi connectivity index (χ3v) is 2.23. The molecule has 1 aliphatic rings. The fraction of sp³-hybridized carbons (Fsp3) is 0.200. The molecule has 2 amide bonds. The molecule has 2 rings (SSSR count). The zero-order valence-corrected chi connectivity index (χ0v) is 7.56. The van der Waals surface area contributed by atoms with Crippen molar-refractivity contribution in [1.82, 2.24) is 0 Å². The first-order valence-electron chi connectivity index (χ1n) is 4.40. The number of hydrogen-bond acceptors (Lipinski definition) is 3. The van der Waals surface area contributed by atoms with Gasteiger partial charge in [-0.1, -0.05) is 12.1 Å². The second-order valence-electron chi connectivity index (χ2n) is 3.18. The Kier molecular flexibility index (Phi) is 1.96. The molecule has 14 heavy (non-hydrogen) atoms. The van der Waals surface area contributed by atoms with Crippen molar-refractivity contribution < 1.29 is 9.59 Å². The lowest BCUT2D eigenvalue weighted by Gasteiger charge is -2.15. The van der Waals surface area contributed by atoms with Crippen molar-refractivity contribution in [3.63, 3.8) is 0 Å². The van der Waals surface area contributed by atoms with Gasteiger partial charge in [-0.2, -0.15) is 0 Å². The van der Waals surface area contributed by atoms with Crippen LogP contribution in [0.2, 0.25) is 0 Å². The number of nitrogens with zero attached hydrogens (tertiary/aromatic N) is 1. The lowest BCUT2D eigenvalue weighted by molar-refractivity contribution is -0.121. The summed E-state index contributed by atoms with van der Waals surface area (Å²) in [5.74, 6) is -0.346. The number of nitrogen functional groups attached to an aromatic ring is 1. The van der Waals surface area contributed by atoms with Crippen LogP contribution in [0, 0.1) is 0 Å². The van der Waals surface area contributed by atoms with Gasteiger partial charge in [-0.15, -0.1) is 0 Å². The fourth-order valence-electron chi connectivity index (χ4n) is 1.54. The zero-order valence-electron chi connectivity index (χ0n) is 7.56. The minimum absolute atomic E-state index is 0.173. The quantitative estimate of drug-likeness (QED) is 0.529. The molecule has 1 heterocycles. The molecule has 0 spiro atoms. The molecule has 0 atom stereocenters. The third-order valence-electron chi connectivity index (χ3n) is 2.23. The van der Waals surface area contributed by atoms with Crippen molar-refractivity contribution in [2.45, 2.75) is 12.8 Å². The number of para-hydroxylation sites is 2. The first-order valence-corrected chi connectivity index (χ1v) is 4.40. The van der Waals surface area contributed by atoms with Crippen LogP contribution in [0.1, 0.15) is 12.8 Å². The Morgan fingerprint density at radius 1 is 1.07 bits per heavy atom. The summed E-state index contributed by atoms with van der Waals surface area (Å²) in [5, 5.41) is 0. The molecule has 1 aromatic rings. The Bertz CT molecular complexity index is 385. The van der Waals surface area contributed by atoms with Crippen LogP contribution in [0.4, 0.5) is 11.4 Å². The summed E-state index contributed by atoms with van der Waals surface area (Å²) >= 11 is 0. The van der Waals surface area contributed by atoms with Gasteiger partial charge >= 0.3 is 0 Å². The normalized spacial score (nSPS) is 16.4. The Labute approximate surface area is 81.3 Å². The highest BCUT2D eigenvalue weighted by Crippen LogP contribution is 2.27. The van der Waals surface area contributed by atoms with Gasteiger partial charge in [-0.05, 0) is 12.1 Å². The molecule has 72 valence electrons. The molecule has 0 aromatic heterocycles. The molecular formula is C10H10N2O2. The number of anilines is 2. The van der Waals surface area contributed by atoms with Gasteiger partial charge in [0.2, 0.25) is 11.8 Å². The van der Waals surface area contributed by atoms with Gasteiger partial charge in [0, 0.05) is 12.8 Å². The molecule has 0 radical (unpaired) electrons. The number of imide groups is 1. The van der Waals surface area contributed by atoms with Crippen LogP contribution in [-0.4, -0.2) is 11.8 Å². The molecule has 0 bridgehead atoms. The van der Waals surface area contributed by atoms with Crippen LogP contribution in [0.5, 0.6) is 0 Å². The van der Waals surface area contributed by atoms with Crippen molar-refractivity contribution in [2.24, 2.45) is 0 Å². The average molecular weight is 190 g/mol. The molecule has 1 aliphatic heterocycles. The van der Waals surface area contributed by atoms with Gasteiger partial charge in [-0.25, -0.2) is 4.90 Å². The van der Waals surface area contributed by atoms with Crippen LogP contribution in [0.15, 0.2) is 24.3 Å². The van der Waals surface area contributed by atoms with E-state index in [1.165, 1.54) is 0 Å². The molecule has 0 unspecified atom stereocenters. The molecule has 1 aromatic carbocycles. The Morgan fingerprint density at radius 2 is 1.64 bits per heavy atom. The van der Waals surface area contributed by atoms with Crippen molar-refractivity contribution in [3.8, 4) is 0 Å². The van der Waals surface area contributed by atoms with E-state index in [0.29, 0.717) is 11.4 Å². The number of carbonyl (C=O) groups is 2. The predicted molar refractivity (Wildman–Crippen MR) is 52.6 cm³/mol. The topological polar surface area (TPSA) is 63.4 Å². The Hall–Kier alpha value is -1.84. The number of benzene rings is 1. The minimum Gasteiger partial charge on any atom is -0.397 e. The van der Waals surface area contributed by atoms with Gasteiger partial charge in [-0.3, -0.25) is 9.59 Å². The van der Waals surface area contributed by atoms with Crippen molar-refractivity contribution in [1.29, 1.82) is 0 Å². The maximum absolute atomic E-state index is 11.4. The molecule has 1 saturated heterocycles. The minimum atomic E-state index is -0.173. The summed E-state index contributed by atoms with van der Waals surface area (Å²) < 4.78 is 0. The van der Waals surface area contributed by atoms with E-state index in [1.807, 2.05) is 0 Å². The average Bonchev–Trinajstić information content (AvgIpc) is 2.48. The maximum atomic E-state index is 11.4. The van der Waals surface area contributed by atoms with E-state index in [9.17, 15) is 9.59 Å². The van der Waals surface area contributed by atoms with Crippen LogP contribution >= 0.6 is 0 Å². The Balaban J connectivity index is 2.44. The van der Waals surface area contributed by atoms with Gasteiger partial charge in [0.25, 0.3) is 0 Å². The molecular weight excluding hydrogens is 180 g/mol. The highest BCUT2D eigenvalue weighted by atomic mass is 16.2. The summed E-state index contributed by atoms with van der Waals surface area (Å²) in [6.45, 7) is 0. The van der Waals surface area contributed by atoms with E-state index < -0.39 is 0 Å². The molecule has 2 N–H and O–H groups in total. The number of nitrogens with two attached hydrogens (primary N) is 1. The summed E-state index contributed by atoms with van der Waals surface area (Å²) in [6.07, 6.45) is 0.570. The highest BCUT2D eigenvalue weighted by Gasteiger charge is 2.31. The molecule has 0 aliphatic carbocycles. The first-order chi connectivity index (χ1) is 6.70. The number of carbonyl (C=O) groups excluding carboxylic acids is 2. The SMILES string of the molecule is Nc1ccccc1N1C(=O)CCC1=O. The van der Waals surface area contributed by atoms with E-state index in [-0.39, 0.29) is 24.7 Å². The van der Waals surface area contributed by atoms with Crippen molar-refractivity contribution >= 4 is 23.2 Å². The van der Waals surface area contributed by atoms with E-state index in [4.69, 9.17) is 5.73 Å². The summed E-state index contributed by atoms with van der Waals surface area (Å²) in [6, 6.07) is 6.87. The lowest BCUT2D eigenvalue weighted by Crippen LogP contribution is -2.29. The predicted octanol–water partition coefficient (Wildman–Crippen LogP) is 0.922. The van der Waals surface area contributed by atoms with Crippen LogP contribution in [-0.2, 0) is 9.59 Å². The second kappa shape index (κ2) is 3.14. The standard InChI is InChI=1S/C10H10N2O2/c11-7-3-1-2-4-8(7)12-9(13)5-6-10(12)14/h1-4H,5-6,11H2. The van der Waals surface area contributed by atoms with E-state index >= 15 is 0 Å². The summed E-state index contributed by atoms with van der Waals surface area (Å²) in [5.41, 5.74) is 6.63. The third kappa shape index (κ3) is 1.25. The molecule has 4 nitrogen and oxygen atoms in total. The zero-order chi connectivity index (χ0) is 10.1. The fourth-order valence-corrected chi connectivity index (χ4v) is 1.54. The first kappa shape index (κ1) is 8.74. The molecule has 4 heteroatoms. The van der Waals surface area contributed by atoms with Crippen LogP contribution in [0.25, 0.3) is 0 Å². The van der Waals surface area contributed by atoms with Gasteiger partial charge in [0.05, 0.1) is 11.4 Å². The van der Waals surface area contributed by atoms with Gasteiger partial charge in [0.1, 0.15) is 0 Å². The largest absolute Gasteiger partial charge is 0.397 e.